The summed E-state index contributed by atoms with van der Waals surface area (Å²) in [5.74, 6) is 1.34. The SMILES string of the molecule is COC(c1noc(CCC#N)n1)C(C)C. The quantitative estimate of drug-likeness (QED) is 0.740. The molecule has 15 heavy (non-hydrogen) atoms. The highest BCUT2D eigenvalue weighted by molar-refractivity contribution is 4.94. The highest BCUT2D eigenvalue weighted by Gasteiger charge is 2.20. The van der Waals surface area contributed by atoms with Crippen LogP contribution < -0.4 is 0 Å². The number of methoxy groups -OCH3 is 1. The van der Waals surface area contributed by atoms with Crippen molar-refractivity contribution in [3.8, 4) is 6.07 Å². The van der Waals surface area contributed by atoms with E-state index in [1.807, 2.05) is 19.9 Å². The van der Waals surface area contributed by atoms with Crippen LogP contribution in [0.2, 0.25) is 0 Å². The molecule has 1 aromatic rings. The van der Waals surface area contributed by atoms with Gasteiger partial charge in [0, 0.05) is 20.0 Å². The molecule has 1 unspecified atom stereocenters. The third kappa shape index (κ3) is 3.03. The molecule has 0 aromatic carbocycles. The van der Waals surface area contributed by atoms with Crippen LogP contribution in [0.3, 0.4) is 0 Å². The van der Waals surface area contributed by atoms with E-state index < -0.39 is 0 Å². The molecule has 0 fully saturated rings. The van der Waals surface area contributed by atoms with Crippen molar-refractivity contribution < 1.29 is 9.26 Å². The highest BCUT2D eigenvalue weighted by atomic mass is 16.5. The molecule has 0 N–H and O–H groups in total. The Kier molecular flexibility index (Phi) is 4.25. The Morgan fingerprint density at radius 1 is 1.53 bits per heavy atom. The van der Waals surface area contributed by atoms with Gasteiger partial charge in [0.1, 0.15) is 6.10 Å². The van der Waals surface area contributed by atoms with Gasteiger partial charge in [-0.05, 0) is 5.92 Å². The van der Waals surface area contributed by atoms with Crippen molar-refractivity contribution in [1.82, 2.24) is 10.1 Å². The van der Waals surface area contributed by atoms with Gasteiger partial charge in [-0.15, -0.1) is 0 Å². The second-order valence-electron chi connectivity index (χ2n) is 3.60. The summed E-state index contributed by atoms with van der Waals surface area (Å²) in [4.78, 5) is 4.19. The number of nitrogens with zero attached hydrogens (tertiary/aromatic N) is 3. The predicted octanol–water partition coefficient (Wildman–Crippen LogP) is 1.87. The van der Waals surface area contributed by atoms with Crippen LogP contribution in [-0.4, -0.2) is 17.3 Å². The summed E-state index contributed by atoms with van der Waals surface area (Å²) in [5.41, 5.74) is 0. The third-order valence-corrected chi connectivity index (χ3v) is 2.05. The van der Waals surface area contributed by atoms with E-state index in [2.05, 4.69) is 10.1 Å². The van der Waals surface area contributed by atoms with Gasteiger partial charge in [-0.25, -0.2) is 0 Å². The summed E-state index contributed by atoms with van der Waals surface area (Å²) in [6.45, 7) is 4.05. The minimum absolute atomic E-state index is 0.149. The van der Waals surface area contributed by atoms with E-state index in [9.17, 15) is 0 Å². The van der Waals surface area contributed by atoms with Gasteiger partial charge in [-0.3, -0.25) is 0 Å². The maximum absolute atomic E-state index is 8.41. The average molecular weight is 209 g/mol. The van der Waals surface area contributed by atoms with Gasteiger partial charge in [-0.1, -0.05) is 19.0 Å². The highest BCUT2D eigenvalue weighted by Crippen LogP contribution is 2.22. The summed E-state index contributed by atoms with van der Waals surface area (Å²) in [5, 5.41) is 12.3. The van der Waals surface area contributed by atoms with E-state index in [-0.39, 0.29) is 12.0 Å². The van der Waals surface area contributed by atoms with Crippen molar-refractivity contribution in [2.45, 2.75) is 32.8 Å². The van der Waals surface area contributed by atoms with E-state index in [0.29, 0.717) is 24.6 Å². The molecule has 0 saturated carbocycles. The van der Waals surface area contributed by atoms with Crippen LogP contribution in [0.5, 0.6) is 0 Å². The van der Waals surface area contributed by atoms with Crippen LogP contribution in [-0.2, 0) is 11.2 Å². The Balaban J connectivity index is 2.70. The molecule has 0 radical (unpaired) electrons. The summed E-state index contributed by atoms with van der Waals surface area (Å²) in [6, 6.07) is 2.03. The number of aryl methyl sites for hydroxylation is 1. The van der Waals surface area contributed by atoms with Gasteiger partial charge in [0.25, 0.3) is 0 Å². The molecule has 1 heterocycles. The molecule has 0 aliphatic rings. The normalized spacial score (nSPS) is 12.7. The Bertz CT molecular complexity index is 341. The van der Waals surface area contributed by atoms with Crippen molar-refractivity contribution in [2.75, 3.05) is 7.11 Å². The fourth-order valence-corrected chi connectivity index (χ4v) is 1.32. The first-order valence-corrected chi connectivity index (χ1v) is 4.91. The Labute approximate surface area is 89.0 Å². The smallest absolute Gasteiger partial charge is 0.227 e. The van der Waals surface area contributed by atoms with Crippen molar-refractivity contribution in [1.29, 1.82) is 5.26 Å². The van der Waals surface area contributed by atoms with E-state index >= 15 is 0 Å². The van der Waals surface area contributed by atoms with Crippen LogP contribution >= 0.6 is 0 Å². The van der Waals surface area contributed by atoms with Crippen LogP contribution in [0.4, 0.5) is 0 Å². The molecule has 0 aliphatic heterocycles. The minimum Gasteiger partial charge on any atom is -0.373 e. The van der Waals surface area contributed by atoms with Gasteiger partial charge >= 0.3 is 0 Å². The fraction of sp³-hybridized carbons (Fsp3) is 0.700. The molecular formula is C10H15N3O2. The van der Waals surface area contributed by atoms with Crippen LogP contribution in [0.15, 0.2) is 4.52 Å². The number of nitriles is 1. The molecule has 0 spiro atoms. The molecule has 0 amide bonds. The second kappa shape index (κ2) is 5.47. The lowest BCUT2D eigenvalue weighted by Gasteiger charge is -2.14. The van der Waals surface area contributed by atoms with Crippen LogP contribution in [0, 0.1) is 17.2 Å². The summed E-state index contributed by atoms with van der Waals surface area (Å²) in [7, 11) is 1.62. The van der Waals surface area contributed by atoms with Crippen LogP contribution in [0.1, 0.15) is 38.1 Å². The Morgan fingerprint density at radius 2 is 2.27 bits per heavy atom. The summed E-state index contributed by atoms with van der Waals surface area (Å²) < 4.78 is 10.3. The third-order valence-electron chi connectivity index (χ3n) is 2.05. The largest absolute Gasteiger partial charge is 0.373 e. The van der Waals surface area contributed by atoms with Gasteiger partial charge in [0.05, 0.1) is 6.07 Å². The van der Waals surface area contributed by atoms with Gasteiger partial charge in [0.15, 0.2) is 0 Å². The molecule has 1 aromatic heterocycles. The van der Waals surface area contributed by atoms with Crippen molar-refractivity contribution in [3.05, 3.63) is 11.7 Å². The first-order valence-electron chi connectivity index (χ1n) is 4.91. The standard InChI is InChI=1S/C10H15N3O2/c1-7(2)9(14-3)10-12-8(15-13-10)5-4-6-11/h7,9H,4-5H2,1-3H3. The van der Waals surface area contributed by atoms with Gasteiger partial charge < -0.3 is 9.26 Å². The number of ether oxygens (including phenoxy) is 1. The summed E-state index contributed by atoms with van der Waals surface area (Å²) >= 11 is 0. The monoisotopic (exact) mass is 209 g/mol. The lowest BCUT2D eigenvalue weighted by atomic mass is 10.1. The topological polar surface area (TPSA) is 71.9 Å². The molecule has 1 rings (SSSR count). The first-order chi connectivity index (χ1) is 7.19. The molecule has 1 atom stereocenters. The van der Waals surface area contributed by atoms with E-state index in [1.54, 1.807) is 7.11 Å². The Hall–Kier alpha value is -1.41. The fourth-order valence-electron chi connectivity index (χ4n) is 1.32. The molecule has 0 saturated heterocycles. The lowest BCUT2D eigenvalue weighted by Crippen LogP contribution is -2.10. The minimum atomic E-state index is -0.149. The second-order valence-corrected chi connectivity index (χ2v) is 3.60. The number of hydrogen-bond donors (Lipinski definition) is 0. The molecular weight excluding hydrogens is 194 g/mol. The molecule has 82 valence electrons. The number of aromatic nitrogens is 2. The average Bonchev–Trinajstić information content (AvgIpc) is 2.64. The lowest BCUT2D eigenvalue weighted by molar-refractivity contribution is 0.0555. The van der Waals surface area contributed by atoms with Crippen molar-refractivity contribution in [2.24, 2.45) is 5.92 Å². The molecule has 5 nitrogen and oxygen atoms in total. The zero-order chi connectivity index (χ0) is 11.3. The van der Waals surface area contributed by atoms with E-state index in [1.165, 1.54) is 0 Å². The maximum Gasteiger partial charge on any atom is 0.227 e. The molecule has 0 aliphatic carbocycles. The number of rotatable bonds is 5. The zero-order valence-electron chi connectivity index (χ0n) is 9.23. The van der Waals surface area contributed by atoms with Crippen LogP contribution in [0.25, 0.3) is 0 Å². The predicted molar refractivity (Wildman–Crippen MR) is 52.8 cm³/mol. The van der Waals surface area contributed by atoms with Gasteiger partial charge in [0.2, 0.25) is 11.7 Å². The number of hydrogen-bond acceptors (Lipinski definition) is 5. The first kappa shape index (κ1) is 11.7. The molecule has 5 heteroatoms. The molecule has 0 bridgehead atoms. The zero-order valence-corrected chi connectivity index (χ0v) is 9.23. The van der Waals surface area contributed by atoms with Gasteiger partial charge in [-0.2, -0.15) is 10.2 Å². The maximum atomic E-state index is 8.41. The Morgan fingerprint density at radius 3 is 2.80 bits per heavy atom. The van der Waals surface area contributed by atoms with Crippen molar-refractivity contribution >= 4 is 0 Å². The van der Waals surface area contributed by atoms with E-state index in [0.717, 1.165) is 0 Å². The van der Waals surface area contributed by atoms with E-state index in [4.69, 9.17) is 14.5 Å². The van der Waals surface area contributed by atoms with Crippen molar-refractivity contribution in [3.63, 3.8) is 0 Å². The summed E-state index contributed by atoms with van der Waals surface area (Å²) in [6.07, 6.45) is 0.739.